The third kappa shape index (κ3) is 5.13. The number of piperidine rings is 1. The van der Waals surface area contributed by atoms with Crippen molar-refractivity contribution in [3.8, 4) is 11.6 Å². The molecule has 0 radical (unpaired) electrons. The normalized spacial score (nSPS) is 14.8. The van der Waals surface area contributed by atoms with Crippen LogP contribution in [0.4, 0.5) is 24.7 Å². The van der Waals surface area contributed by atoms with Crippen molar-refractivity contribution in [1.82, 2.24) is 19.9 Å². The van der Waals surface area contributed by atoms with Crippen LogP contribution in [0.15, 0.2) is 61.1 Å². The highest BCUT2D eigenvalue weighted by atomic mass is 19.4. The van der Waals surface area contributed by atoms with E-state index >= 15 is 0 Å². The number of benzene rings is 1. The van der Waals surface area contributed by atoms with E-state index < -0.39 is 12.1 Å². The van der Waals surface area contributed by atoms with Gasteiger partial charge in [0.1, 0.15) is 17.3 Å². The lowest BCUT2D eigenvalue weighted by atomic mass is 9.93. The van der Waals surface area contributed by atoms with Crippen molar-refractivity contribution in [1.29, 1.82) is 0 Å². The molecule has 3 aromatic rings. The Morgan fingerprint density at radius 2 is 1.69 bits per heavy atom. The predicted octanol–water partition coefficient (Wildman–Crippen LogP) is 4.68. The van der Waals surface area contributed by atoms with E-state index in [1.807, 2.05) is 30.3 Å². The Bertz CT molecular complexity index is 1050. The smallest absolute Gasteiger partial charge is 0.437 e. The summed E-state index contributed by atoms with van der Waals surface area (Å²) in [7, 11) is 0. The Balaban J connectivity index is 1.41. The lowest BCUT2D eigenvalue weighted by Crippen LogP contribution is -2.45. The molecule has 1 N–H and O–H groups in total. The van der Waals surface area contributed by atoms with Gasteiger partial charge in [0.2, 0.25) is 5.88 Å². The van der Waals surface area contributed by atoms with E-state index in [0.717, 1.165) is 10.6 Å². The number of amides is 1. The van der Waals surface area contributed by atoms with Crippen LogP contribution in [0, 0.1) is 0 Å². The first-order valence-electron chi connectivity index (χ1n) is 10.0. The van der Waals surface area contributed by atoms with E-state index in [9.17, 15) is 18.0 Å². The van der Waals surface area contributed by atoms with Gasteiger partial charge in [-0.05, 0) is 49.2 Å². The molecule has 1 aliphatic heterocycles. The molecule has 10 heteroatoms. The van der Waals surface area contributed by atoms with Gasteiger partial charge < -0.3 is 15.0 Å². The molecule has 3 heterocycles. The molecule has 0 spiro atoms. The van der Waals surface area contributed by atoms with Crippen LogP contribution < -0.4 is 10.1 Å². The quantitative estimate of drug-likeness (QED) is 0.617. The molecule has 0 aliphatic carbocycles. The Morgan fingerprint density at radius 3 is 2.34 bits per heavy atom. The number of rotatable bonds is 5. The first-order chi connectivity index (χ1) is 15.4. The van der Waals surface area contributed by atoms with Gasteiger partial charge in [0.05, 0.1) is 0 Å². The van der Waals surface area contributed by atoms with Gasteiger partial charge in [-0.3, -0.25) is 9.78 Å². The summed E-state index contributed by atoms with van der Waals surface area (Å²) in [6, 6.07) is 12.8. The zero-order valence-corrected chi connectivity index (χ0v) is 16.9. The Kier molecular flexibility index (Phi) is 6.20. The number of alkyl halides is 3. The fraction of sp³-hybridized carbons (Fsp3) is 0.273. The van der Waals surface area contributed by atoms with Crippen molar-refractivity contribution in [2.75, 3.05) is 18.4 Å². The zero-order chi connectivity index (χ0) is 22.6. The molecule has 1 aliphatic rings. The molecule has 1 fully saturated rings. The van der Waals surface area contributed by atoms with E-state index in [-0.39, 0.29) is 19.0 Å². The molecular formula is C22H20F3N5O2. The highest BCUT2D eigenvalue weighted by Gasteiger charge is 2.43. The fourth-order valence-corrected chi connectivity index (χ4v) is 3.53. The molecular weight excluding hydrogens is 423 g/mol. The number of hydrogen-bond donors (Lipinski definition) is 1. The molecule has 166 valence electrons. The molecule has 1 aromatic carbocycles. The first kappa shape index (κ1) is 21.5. The topological polar surface area (TPSA) is 80.2 Å². The van der Waals surface area contributed by atoms with Gasteiger partial charge in [0.15, 0.2) is 0 Å². The van der Waals surface area contributed by atoms with Crippen molar-refractivity contribution in [2.45, 2.75) is 24.9 Å². The molecule has 0 saturated carbocycles. The number of ether oxygens (including phenoxy) is 1. The summed E-state index contributed by atoms with van der Waals surface area (Å²) < 4.78 is 43.9. The van der Waals surface area contributed by atoms with Crippen LogP contribution in [0.25, 0.3) is 0 Å². The number of likely N-dealkylation sites (tertiary alicyclic amines) is 1. The van der Waals surface area contributed by atoms with Crippen LogP contribution in [-0.2, 0) is 4.79 Å². The summed E-state index contributed by atoms with van der Waals surface area (Å²) in [6.45, 7) is 0.0137. The molecule has 0 bridgehead atoms. The number of carbonyl (C=O) groups is 1. The number of anilines is 2. The van der Waals surface area contributed by atoms with E-state index in [1.54, 1.807) is 18.3 Å². The van der Waals surface area contributed by atoms with Crippen molar-refractivity contribution >= 4 is 17.4 Å². The maximum Gasteiger partial charge on any atom is 0.471 e. The second-order valence-electron chi connectivity index (χ2n) is 7.28. The average Bonchev–Trinajstić information content (AvgIpc) is 2.80. The molecule has 4 rings (SSSR count). The number of nitrogens with one attached hydrogen (secondary N) is 1. The van der Waals surface area contributed by atoms with Gasteiger partial charge in [-0.1, -0.05) is 6.07 Å². The van der Waals surface area contributed by atoms with E-state index in [1.165, 1.54) is 12.4 Å². The van der Waals surface area contributed by atoms with Gasteiger partial charge in [0.25, 0.3) is 0 Å². The maximum atomic E-state index is 12.7. The molecule has 0 atom stereocenters. The highest BCUT2D eigenvalue weighted by molar-refractivity contribution is 5.81. The molecule has 0 unspecified atom stereocenters. The van der Waals surface area contributed by atoms with Gasteiger partial charge in [0, 0.05) is 43.3 Å². The Hall–Kier alpha value is -3.69. The van der Waals surface area contributed by atoms with Crippen LogP contribution in [0.3, 0.4) is 0 Å². The second kappa shape index (κ2) is 9.21. The number of halogens is 3. The standard InChI is InChI=1S/C22H20F3N5O2/c23-22(24,25)21(31)30-13-8-15(9-14-30)19-20(28-12-11-27-19)32-17-6-4-16(5-7-17)29-18-3-1-2-10-26-18/h1-7,10-12,15H,8-9,13-14H2,(H,26,29). The second-order valence-corrected chi connectivity index (χ2v) is 7.28. The molecule has 32 heavy (non-hydrogen) atoms. The summed E-state index contributed by atoms with van der Waals surface area (Å²) in [6.07, 6.45) is 0.561. The van der Waals surface area contributed by atoms with Gasteiger partial charge in [-0.25, -0.2) is 9.97 Å². The fourth-order valence-electron chi connectivity index (χ4n) is 3.53. The Labute approximate surface area is 182 Å². The molecule has 1 saturated heterocycles. The number of aromatic nitrogens is 3. The van der Waals surface area contributed by atoms with Crippen LogP contribution in [0.5, 0.6) is 11.6 Å². The number of pyridine rings is 1. The molecule has 2 aromatic heterocycles. The van der Waals surface area contributed by atoms with Gasteiger partial charge in [-0.15, -0.1) is 0 Å². The lowest BCUT2D eigenvalue weighted by molar-refractivity contribution is -0.186. The third-order valence-corrected chi connectivity index (χ3v) is 5.11. The summed E-state index contributed by atoms with van der Waals surface area (Å²) in [5.41, 5.74) is 1.40. The SMILES string of the molecule is O=C(N1CCC(c2nccnc2Oc2ccc(Nc3ccccn3)cc2)CC1)C(F)(F)F. The Morgan fingerprint density at radius 1 is 0.969 bits per heavy atom. The van der Waals surface area contributed by atoms with E-state index in [0.29, 0.717) is 36.0 Å². The van der Waals surface area contributed by atoms with Gasteiger partial charge >= 0.3 is 12.1 Å². The minimum atomic E-state index is -4.86. The maximum absolute atomic E-state index is 12.7. The monoisotopic (exact) mass is 443 g/mol. The van der Waals surface area contributed by atoms with E-state index in [4.69, 9.17) is 4.74 Å². The van der Waals surface area contributed by atoms with Crippen LogP contribution in [0.1, 0.15) is 24.5 Å². The number of hydrogen-bond acceptors (Lipinski definition) is 6. The first-order valence-corrected chi connectivity index (χ1v) is 10.0. The van der Waals surface area contributed by atoms with Crippen LogP contribution >= 0.6 is 0 Å². The summed E-state index contributed by atoms with van der Waals surface area (Å²) in [4.78, 5) is 25.1. The van der Waals surface area contributed by atoms with Crippen molar-refractivity contribution in [2.24, 2.45) is 0 Å². The predicted molar refractivity (Wildman–Crippen MR) is 111 cm³/mol. The van der Waals surface area contributed by atoms with Gasteiger partial charge in [-0.2, -0.15) is 13.2 Å². The van der Waals surface area contributed by atoms with Crippen LogP contribution in [-0.4, -0.2) is 45.0 Å². The minimum Gasteiger partial charge on any atom is -0.437 e. The zero-order valence-electron chi connectivity index (χ0n) is 16.9. The average molecular weight is 443 g/mol. The third-order valence-electron chi connectivity index (χ3n) is 5.11. The number of carbonyl (C=O) groups excluding carboxylic acids is 1. The van der Waals surface area contributed by atoms with Crippen LogP contribution in [0.2, 0.25) is 0 Å². The summed E-state index contributed by atoms with van der Waals surface area (Å²) in [5, 5.41) is 3.17. The lowest BCUT2D eigenvalue weighted by Gasteiger charge is -2.32. The largest absolute Gasteiger partial charge is 0.471 e. The van der Waals surface area contributed by atoms with Crippen molar-refractivity contribution in [3.05, 3.63) is 66.7 Å². The van der Waals surface area contributed by atoms with E-state index in [2.05, 4.69) is 20.3 Å². The highest BCUT2D eigenvalue weighted by Crippen LogP contribution is 2.34. The van der Waals surface area contributed by atoms with Crippen molar-refractivity contribution in [3.63, 3.8) is 0 Å². The number of nitrogens with zero attached hydrogens (tertiary/aromatic N) is 4. The molecule has 7 nitrogen and oxygen atoms in total. The summed E-state index contributed by atoms with van der Waals surface area (Å²) in [5.74, 6) is -0.388. The van der Waals surface area contributed by atoms with Crippen molar-refractivity contribution < 1.29 is 22.7 Å². The minimum absolute atomic E-state index is 0.00686. The molecule has 1 amide bonds. The summed E-state index contributed by atoms with van der Waals surface area (Å²) >= 11 is 0.